The van der Waals surface area contributed by atoms with Crippen LogP contribution in [0.2, 0.25) is 0 Å². The number of aliphatic hydroxyl groups excluding tert-OH is 1. The molecule has 0 radical (unpaired) electrons. The van der Waals surface area contributed by atoms with Gasteiger partial charge in [0.05, 0.1) is 43.0 Å². The maximum absolute atomic E-state index is 14.8. The van der Waals surface area contributed by atoms with Gasteiger partial charge in [0.1, 0.15) is 31.0 Å². The number of ether oxygens (including phenoxy) is 5. The summed E-state index contributed by atoms with van der Waals surface area (Å²) in [6, 6.07) is 0. The van der Waals surface area contributed by atoms with E-state index in [0.717, 1.165) is 48.8 Å². The molecular weight excluding hydrogens is 1070 g/mol. The molecule has 0 saturated heterocycles. The van der Waals surface area contributed by atoms with Crippen molar-refractivity contribution in [3.63, 3.8) is 0 Å². The smallest absolute Gasteiger partial charge is 0.310 e. The molecule has 2 N–H and O–H groups in total. The van der Waals surface area contributed by atoms with Crippen LogP contribution in [0.4, 0.5) is 0 Å². The van der Waals surface area contributed by atoms with Crippen molar-refractivity contribution < 1.29 is 62.7 Å². The van der Waals surface area contributed by atoms with Crippen LogP contribution in [0, 0.1) is 67.5 Å². The number of carboxylic acid groups (broad SMARTS) is 1. The van der Waals surface area contributed by atoms with E-state index < -0.39 is 70.1 Å². The van der Waals surface area contributed by atoms with Crippen LogP contribution in [0.25, 0.3) is 0 Å². The molecular formula is C72H116O13. The Hall–Kier alpha value is -4.46. The summed E-state index contributed by atoms with van der Waals surface area (Å²) in [6.45, 7) is 45.9. The Kier molecular flexibility index (Phi) is 26.1. The number of rotatable bonds is 29. The summed E-state index contributed by atoms with van der Waals surface area (Å²) in [5.41, 5.74) is 2.04. The fourth-order valence-corrected chi connectivity index (χ4v) is 11.6. The van der Waals surface area contributed by atoms with Crippen LogP contribution in [-0.2, 0) is 52.5 Å². The van der Waals surface area contributed by atoms with E-state index in [0.29, 0.717) is 12.8 Å². The Bertz CT molecular complexity index is 2550. The standard InChI is InChI=1S/C72H116O13/c1-47(64(4,5)6)26-24-34-67(13,14)50-28-30-53(55(44-50)60(76)81-39-38-73)58(74)70(19,20)84-42-40-82-61(77)56-45-51(68(15,16)35-25-27-48(2)65(7,8)9)29-31-54(56)59(75)71(21,22)85-43-41-83-62(78)57-46-52(33-37-72(57,23)63(79)80)69(17,18)36-32-49(3)66(10,11)12/h26-29,32-33,53-57,73H,24-25,30-31,34-46H2,1-23H3,(H,79,80)/b47-26+,48-27+,49-32+. The lowest BCUT2D eigenvalue weighted by Gasteiger charge is -2.40. The lowest BCUT2D eigenvalue weighted by molar-refractivity contribution is -0.169. The van der Waals surface area contributed by atoms with Gasteiger partial charge in [-0.15, -0.1) is 0 Å². The molecule has 3 aliphatic rings. The van der Waals surface area contributed by atoms with Crippen LogP contribution in [0.1, 0.15) is 230 Å². The Morgan fingerprint density at radius 1 is 0.494 bits per heavy atom. The van der Waals surface area contributed by atoms with Crippen LogP contribution in [-0.4, -0.2) is 96.5 Å². The number of aliphatic hydroxyl groups is 1. The number of Topliss-reactive ketones (excluding diaryl/α,β-unsaturated/α-hetero) is 2. The molecule has 6 atom stereocenters. The van der Waals surface area contributed by atoms with Gasteiger partial charge >= 0.3 is 23.9 Å². The number of carboxylic acids is 1. The summed E-state index contributed by atoms with van der Waals surface area (Å²) >= 11 is 0. The van der Waals surface area contributed by atoms with E-state index in [1.807, 2.05) is 6.08 Å². The van der Waals surface area contributed by atoms with Crippen molar-refractivity contribution in [2.24, 2.45) is 67.5 Å². The molecule has 0 amide bonds. The molecule has 0 heterocycles. The minimum absolute atomic E-state index is 0.00718. The SMILES string of the molecule is C/C(=C\CCC(C)(C)C1=CCC(C(=O)C(C)(C)OCCOC(=O)C2CC(C(C)(C)CC/C=C(\C)C(C)(C)C)=CCC2C(=O)C(C)(C)OCCOC(=O)C2CC(C(C)(C)C/C=C(\C)C(C)(C)C)=CCC2(C)C(=O)O)C(C(=O)OCCO)C1)C(C)(C)C. The second kappa shape index (κ2) is 29.7. The third kappa shape index (κ3) is 20.8. The molecule has 13 heteroatoms. The molecule has 0 spiro atoms. The fourth-order valence-electron chi connectivity index (χ4n) is 11.6. The number of esters is 3. The van der Waals surface area contributed by atoms with Crippen molar-refractivity contribution >= 4 is 35.4 Å². The number of allylic oxidation sites excluding steroid dienone is 12. The van der Waals surface area contributed by atoms with Gasteiger partial charge in [0.2, 0.25) is 0 Å². The van der Waals surface area contributed by atoms with Gasteiger partial charge in [0.15, 0.2) is 11.6 Å². The van der Waals surface area contributed by atoms with Crippen LogP contribution in [0.5, 0.6) is 0 Å². The number of aliphatic carboxylic acids is 1. The van der Waals surface area contributed by atoms with Crippen molar-refractivity contribution in [3.05, 3.63) is 69.9 Å². The van der Waals surface area contributed by atoms with Gasteiger partial charge in [-0.25, -0.2) is 0 Å². The topological polar surface area (TPSA) is 189 Å². The highest BCUT2D eigenvalue weighted by atomic mass is 16.6. The van der Waals surface area contributed by atoms with Crippen molar-refractivity contribution in [2.75, 3.05) is 39.6 Å². The number of hydrogen-bond acceptors (Lipinski definition) is 12. The van der Waals surface area contributed by atoms with Gasteiger partial charge in [0.25, 0.3) is 0 Å². The van der Waals surface area contributed by atoms with Crippen LogP contribution >= 0.6 is 0 Å². The molecule has 0 fully saturated rings. The minimum atomic E-state index is -1.42. The fraction of sp³-hybridized carbons (Fsp3) is 0.750. The molecule has 0 aliphatic heterocycles. The predicted molar refractivity (Wildman–Crippen MR) is 339 cm³/mol. The molecule has 0 aromatic heterocycles. The monoisotopic (exact) mass is 1190 g/mol. The van der Waals surface area contributed by atoms with E-state index in [9.17, 15) is 39.0 Å². The van der Waals surface area contributed by atoms with Gasteiger partial charge < -0.3 is 33.9 Å². The van der Waals surface area contributed by atoms with Gasteiger partial charge in [0, 0.05) is 11.8 Å². The zero-order chi connectivity index (χ0) is 65.1. The minimum Gasteiger partial charge on any atom is -0.481 e. The van der Waals surface area contributed by atoms with Crippen molar-refractivity contribution in [2.45, 2.75) is 241 Å². The number of hydrogen-bond donors (Lipinski definition) is 2. The number of ketones is 2. The molecule has 85 heavy (non-hydrogen) atoms. The molecule has 13 nitrogen and oxygen atoms in total. The lowest BCUT2D eigenvalue weighted by atomic mass is 9.63. The third-order valence-electron chi connectivity index (χ3n) is 19.7. The van der Waals surface area contributed by atoms with Crippen molar-refractivity contribution in [1.82, 2.24) is 0 Å². The molecule has 0 bridgehead atoms. The summed E-state index contributed by atoms with van der Waals surface area (Å²) in [6.07, 6.45) is 18.7. The van der Waals surface area contributed by atoms with E-state index in [1.165, 1.54) is 16.7 Å². The first-order chi connectivity index (χ1) is 38.8. The Morgan fingerprint density at radius 3 is 1.24 bits per heavy atom. The average Bonchev–Trinajstić information content (AvgIpc) is 1.95. The van der Waals surface area contributed by atoms with Crippen molar-refractivity contribution in [1.29, 1.82) is 0 Å². The van der Waals surface area contributed by atoms with Gasteiger partial charge in [-0.3, -0.25) is 28.8 Å². The molecule has 482 valence electrons. The molecule has 0 aromatic carbocycles. The number of carbonyl (C=O) groups excluding carboxylic acids is 5. The lowest BCUT2D eigenvalue weighted by Crippen LogP contribution is -2.47. The third-order valence-corrected chi connectivity index (χ3v) is 19.7. The summed E-state index contributed by atoms with van der Waals surface area (Å²) in [5.74, 6) is -7.57. The first-order valence-electron chi connectivity index (χ1n) is 31.6. The van der Waals surface area contributed by atoms with Gasteiger partial charge in [-0.2, -0.15) is 0 Å². The summed E-state index contributed by atoms with van der Waals surface area (Å²) < 4.78 is 29.7. The predicted octanol–water partition coefficient (Wildman–Crippen LogP) is 15.7. The highest BCUT2D eigenvalue weighted by Gasteiger charge is 2.51. The van der Waals surface area contributed by atoms with Gasteiger partial charge in [-0.05, 0) is 159 Å². The Labute approximate surface area is 514 Å². The molecule has 3 aliphatic carbocycles. The molecule has 6 unspecified atom stereocenters. The highest BCUT2D eigenvalue weighted by Crippen LogP contribution is 2.49. The number of carbonyl (C=O) groups is 6. The van der Waals surface area contributed by atoms with E-state index in [2.05, 4.69) is 155 Å². The molecule has 0 saturated carbocycles. The zero-order valence-corrected chi connectivity index (χ0v) is 57.3. The van der Waals surface area contributed by atoms with Crippen molar-refractivity contribution in [3.8, 4) is 0 Å². The van der Waals surface area contributed by atoms with Crippen LogP contribution < -0.4 is 0 Å². The zero-order valence-electron chi connectivity index (χ0n) is 57.3. The summed E-state index contributed by atoms with van der Waals surface area (Å²) in [7, 11) is 0. The second-order valence-corrected chi connectivity index (χ2v) is 31.2. The first kappa shape index (κ1) is 74.8. The maximum Gasteiger partial charge on any atom is 0.310 e. The van der Waals surface area contributed by atoms with E-state index in [4.69, 9.17) is 23.7 Å². The van der Waals surface area contributed by atoms with Gasteiger partial charge in [-0.1, -0.05) is 174 Å². The van der Waals surface area contributed by atoms with E-state index >= 15 is 0 Å². The quantitative estimate of drug-likeness (QED) is 0.0312. The molecule has 0 aromatic rings. The highest BCUT2D eigenvalue weighted by molar-refractivity contribution is 5.94. The summed E-state index contributed by atoms with van der Waals surface area (Å²) in [5, 5.41) is 20.0. The van der Waals surface area contributed by atoms with Crippen LogP contribution in [0.3, 0.4) is 0 Å². The maximum atomic E-state index is 14.8. The van der Waals surface area contributed by atoms with E-state index in [-0.39, 0.29) is 109 Å². The Balaban J connectivity index is 1.81. The summed E-state index contributed by atoms with van der Waals surface area (Å²) in [4.78, 5) is 84.2. The van der Waals surface area contributed by atoms with E-state index in [1.54, 1.807) is 34.6 Å². The molecule has 3 rings (SSSR count). The normalized spacial score (nSPS) is 22.9. The second-order valence-electron chi connectivity index (χ2n) is 31.2. The first-order valence-corrected chi connectivity index (χ1v) is 31.6. The Morgan fingerprint density at radius 2 is 0.859 bits per heavy atom. The van der Waals surface area contributed by atoms with Crippen LogP contribution in [0.15, 0.2) is 69.9 Å². The largest absolute Gasteiger partial charge is 0.481 e. The average molecular weight is 1190 g/mol.